The largest absolute Gasteiger partial charge is 0.382 e. The molecule has 96 valence electrons. The molecule has 1 aromatic carbocycles. The van der Waals surface area contributed by atoms with Crippen molar-refractivity contribution in [2.75, 3.05) is 5.32 Å². The van der Waals surface area contributed by atoms with E-state index in [9.17, 15) is 8.78 Å². The monoisotopic (exact) mass is 249 g/mol. The minimum atomic E-state index is -0.530. The van der Waals surface area contributed by atoms with Crippen LogP contribution in [0, 0.1) is 29.4 Å². The number of fused-ring (bicyclic) bond motifs is 2. The van der Waals surface area contributed by atoms with Crippen LogP contribution in [0.5, 0.6) is 0 Å². The van der Waals surface area contributed by atoms with Crippen LogP contribution in [0.1, 0.15) is 19.8 Å². The fourth-order valence-corrected chi connectivity index (χ4v) is 3.41. The molecule has 1 aromatic rings. The van der Waals surface area contributed by atoms with Gasteiger partial charge in [0, 0.05) is 17.8 Å². The van der Waals surface area contributed by atoms with Gasteiger partial charge in [-0.2, -0.15) is 0 Å². The average Bonchev–Trinajstić information content (AvgIpc) is 2.88. The number of hydrogen-bond acceptors (Lipinski definition) is 1. The van der Waals surface area contributed by atoms with Gasteiger partial charge in [0.25, 0.3) is 0 Å². The molecular weight excluding hydrogens is 232 g/mol. The van der Waals surface area contributed by atoms with Crippen molar-refractivity contribution in [3.63, 3.8) is 0 Å². The molecule has 3 rings (SSSR count). The van der Waals surface area contributed by atoms with Crippen LogP contribution in [0.25, 0.3) is 0 Å². The highest BCUT2D eigenvalue weighted by Gasteiger charge is 2.38. The first-order valence-corrected chi connectivity index (χ1v) is 6.53. The smallest absolute Gasteiger partial charge is 0.128 e. The molecule has 2 bridgehead atoms. The lowest BCUT2D eigenvalue weighted by atomic mass is 9.87. The van der Waals surface area contributed by atoms with E-state index in [1.54, 1.807) is 0 Å². The van der Waals surface area contributed by atoms with E-state index >= 15 is 0 Å². The summed E-state index contributed by atoms with van der Waals surface area (Å²) in [6.07, 6.45) is 7.03. The topological polar surface area (TPSA) is 12.0 Å². The molecule has 0 saturated heterocycles. The quantitative estimate of drug-likeness (QED) is 0.799. The van der Waals surface area contributed by atoms with Gasteiger partial charge in [-0.25, -0.2) is 8.78 Å². The van der Waals surface area contributed by atoms with Gasteiger partial charge >= 0.3 is 0 Å². The van der Waals surface area contributed by atoms with E-state index < -0.39 is 11.6 Å². The summed E-state index contributed by atoms with van der Waals surface area (Å²) in [6.45, 7) is 2.10. The Morgan fingerprint density at radius 2 is 1.83 bits per heavy atom. The number of benzene rings is 1. The maximum Gasteiger partial charge on any atom is 0.128 e. The van der Waals surface area contributed by atoms with E-state index in [1.807, 2.05) is 0 Å². The molecule has 4 atom stereocenters. The van der Waals surface area contributed by atoms with E-state index in [0.29, 0.717) is 23.4 Å². The van der Waals surface area contributed by atoms with Crippen molar-refractivity contribution in [2.45, 2.75) is 25.8 Å². The molecule has 0 spiro atoms. The maximum atomic E-state index is 13.1. The zero-order chi connectivity index (χ0) is 12.7. The summed E-state index contributed by atoms with van der Waals surface area (Å²) in [5, 5.41) is 3.24. The fraction of sp³-hybridized carbons (Fsp3) is 0.467. The van der Waals surface area contributed by atoms with Crippen LogP contribution in [0.2, 0.25) is 0 Å². The van der Waals surface area contributed by atoms with Crippen molar-refractivity contribution in [2.24, 2.45) is 17.8 Å². The Morgan fingerprint density at radius 1 is 1.11 bits per heavy atom. The summed E-state index contributed by atoms with van der Waals surface area (Å²) in [7, 11) is 0. The van der Waals surface area contributed by atoms with Crippen LogP contribution in [0.15, 0.2) is 30.4 Å². The van der Waals surface area contributed by atoms with Gasteiger partial charge in [0.15, 0.2) is 0 Å². The molecule has 2 aliphatic rings. The van der Waals surface area contributed by atoms with Crippen molar-refractivity contribution < 1.29 is 8.78 Å². The Hall–Kier alpha value is -1.38. The molecule has 0 radical (unpaired) electrons. The Kier molecular flexibility index (Phi) is 2.84. The minimum Gasteiger partial charge on any atom is -0.382 e. The lowest BCUT2D eigenvalue weighted by Gasteiger charge is -2.27. The highest BCUT2D eigenvalue weighted by Crippen LogP contribution is 2.45. The third-order valence-electron chi connectivity index (χ3n) is 4.23. The van der Waals surface area contributed by atoms with Crippen molar-refractivity contribution in [3.8, 4) is 0 Å². The van der Waals surface area contributed by atoms with Crippen molar-refractivity contribution >= 4 is 5.69 Å². The Morgan fingerprint density at radius 3 is 2.39 bits per heavy atom. The summed E-state index contributed by atoms with van der Waals surface area (Å²) in [5.74, 6) is 0.866. The van der Waals surface area contributed by atoms with E-state index in [1.165, 1.54) is 25.0 Å². The van der Waals surface area contributed by atoms with Crippen molar-refractivity contribution in [1.29, 1.82) is 0 Å². The van der Waals surface area contributed by atoms with Crippen LogP contribution in [-0.2, 0) is 0 Å². The predicted molar refractivity (Wildman–Crippen MR) is 68.3 cm³/mol. The maximum absolute atomic E-state index is 13.1. The summed E-state index contributed by atoms with van der Waals surface area (Å²) < 4.78 is 26.2. The number of allylic oxidation sites excluding steroid dienone is 2. The number of rotatable bonds is 3. The van der Waals surface area contributed by atoms with Crippen LogP contribution < -0.4 is 5.32 Å². The first kappa shape index (κ1) is 11.7. The third-order valence-corrected chi connectivity index (χ3v) is 4.23. The van der Waals surface area contributed by atoms with Gasteiger partial charge in [0.1, 0.15) is 11.6 Å². The average molecular weight is 249 g/mol. The predicted octanol–water partition coefficient (Wildman–Crippen LogP) is 3.98. The molecule has 0 heterocycles. The lowest BCUT2D eigenvalue weighted by molar-refractivity contribution is 0.399. The lowest BCUT2D eigenvalue weighted by Crippen LogP contribution is -2.28. The van der Waals surface area contributed by atoms with Gasteiger partial charge in [-0.3, -0.25) is 0 Å². The molecule has 2 aliphatic carbocycles. The first-order valence-electron chi connectivity index (χ1n) is 6.53. The molecule has 1 nitrogen and oxygen atoms in total. The summed E-state index contributed by atoms with van der Waals surface area (Å²) in [4.78, 5) is 0. The molecule has 1 fully saturated rings. The standard InChI is InChI=1S/C15H17F2N/c1-9(15-5-10-2-3-11(15)4-10)18-14-7-12(16)6-13(17)8-14/h2-3,6-11,15,18H,4-5H2,1H3. The molecule has 0 aromatic heterocycles. The molecule has 0 aliphatic heterocycles. The Balaban J connectivity index is 1.70. The second-order valence-electron chi connectivity index (χ2n) is 5.54. The number of nitrogens with one attached hydrogen (secondary N) is 1. The second kappa shape index (κ2) is 4.38. The van der Waals surface area contributed by atoms with E-state index in [4.69, 9.17) is 0 Å². The molecule has 18 heavy (non-hydrogen) atoms. The first-order chi connectivity index (χ1) is 8.61. The van der Waals surface area contributed by atoms with E-state index in [0.717, 1.165) is 6.07 Å². The zero-order valence-electron chi connectivity index (χ0n) is 10.4. The summed E-state index contributed by atoms with van der Waals surface area (Å²) in [6, 6.07) is 3.84. The molecule has 1 saturated carbocycles. The molecule has 4 unspecified atom stereocenters. The highest BCUT2D eigenvalue weighted by atomic mass is 19.1. The summed E-state index contributed by atoms with van der Waals surface area (Å²) >= 11 is 0. The third kappa shape index (κ3) is 2.14. The van der Waals surface area contributed by atoms with Gasteiger partial charge in [0.05, 0.1) is 0 Å². The normalized spacial score (nSPS) is 30.7. The number of halogens is 2. The van der Waals surface area contributed by atoms with Gasteiger partial charge in [-0.05, 0) is 49.7 Å². The molecule has 3 heteroatoms. The minimum absolute atomic E-state index is 0.242. The SMILES string of the molecule is CC(Nc1cc(F)cc(F)c1)C1CC2C=CC1C2. The van der Waals surface area contributed by atoms with Gasteiger partial charge in [-0.1, -0.05) is 12.2 Å². The Bertz CT molecular complexity index is 463. The second-order valence-corrected chi connectivity index (χ2v) is 5.54. The van der Waals surface area contributed by atoms with Crippen LogP contribution in [-0.4, -0.2) is 6.04 Å². The molecular formula is C15H17F2N. The number of anilines is 1. The Labute approximate surface area is 106 Å². The highest BCUT2D eigenvalue weighted by molar-refractivity contribution is 5.44. The van der Waals surface area contributed by atoms with Crippen molar-refractivity contribution in [3.05, 3.63) is 42.0 Å². The van der Waals surface area contributed by atoms with Crippen LogP contribution >= 0.6 is 0 Å². The van der Waals surface area contributed by atoms with Crippen LogP contribution in [0.4, 0.5) is 14.5 Å². The fourth-order valence-electron chi connectivity index (χ4n) is 3.41. The molecule has 0 amide bonds. The van der Waals surface area contributed by atoms with Gasteiger partial charge in [-0.15, -0.1) is 0 Å². The number of hydrogen-bond donors (Lipinski definition) is 1. The molecule has 1 N–H and O–H groups in total. The van der Waals surface area contributed by atoms with Crippen molar-refractivity contribution in [1.82, 2.24) is 0 Å². The summed E-state index contributed by atoms with van der Waals surface area (Å²) in [5.41, 5.74) is 0.534. The van der Waals surface area contributed by atoms with Gasteiger partial charge < -0.3 is 5.32 Å². The van der Waals surface area contributed by atoms with Crippen LogP contribution in [0.3, 0.4) is 0 Å². The van der Waals surface area contributed by atoms with Gasteiger partial charge in [0.2, 0.25) is 0 Å². The van der Waals surface area contributed by atoms with E-state index in [2.05, 4.69) is 24.4 Å². The van der Waals surface area contributed by atoms with E-state index in [-0.39, 0.29) is 6.04 Å². The zero-order valence-corrected chi connectivity index (χ0v) is 10.4.